The lowest BCUT2D eigenvalue weighted by Crippen LogP contribution is -2.00. The SMILES string of the molecule is CC(=O)c1ccnc(OC2CC2)c1. The minimum atomic E-state index is 0.0445. The quantitative estimate of drug-likeness (QED) is 0.661. The maximum atomic E-state index is 11.0. The zero-order valence-corrected chi connectivity index (χ0v) is 7.49. The van der Waals surface area contributed by atoms with Crippen molar-refractivity contribution < 1.29 is 9.53 Å². The van der Waals surface area contributed by atoms with Gasteiger partial charge in [-0.2, -0.15) is 0 Å². The van der Waals surface area contributed by atoms with E-state index in [0.717, 1.165) is 12.8 Å². The molecule has 0 atom stereocenters. The molecule has 1 aliphatic carbocycles. The van der Waals surface area contributed by atoms with Gasteiger partial charge >= 0.3 is 0 Å². The highest BCUT2D eigenvalue weighted by Crippen LogP contribution is 2.25. The lowest BCUT2D eigenvalue weighted by Gasteiger charge is -2.03. The van der Waals surface area contributed by atoms with Gasteiger partial charge in [-0.05, 0) is 25.8 Å². The summed E-state index contributed by atoms with van der Waals surface area (Å²) in [7, 11) is 0. The van der Waals surface area contributed by atoms with Gasteiger partial charge in [0.05, 0.1) is 0 Å². The van der Waals surface area contributed by atoms with Crippen LogP contribution in [0.25, 0.3) is 0 Å². The molecule has 1 aromatic heterocycles. The van der Waals surface area contributed by atoms with E-state index < -0.39 is 0 Å². The lowest BCUT2D eigenvalue weighted by molar-refractivity contribution is 0.101. The summed E-state index contributed by atoms with van der Waals surface area (Å²) >= 11 is 0. The molecule has 0 unspecified atom stereocenters. The van der Waals surface area contributed by atoms with Crippen LogP contribution in [0.5, 0.6) is 5.88 Å². The molecule has 1 fully saturated rings. The van der Waals surface area contributed by atoms with Crippen molar-refractivity contribution in [2.45, 2.75) is 25.9 Å². The molecule has 1 saturated carbocycles. The minimum Gasteiger partial charge on any atom is -0.474 e. The van der Waals surface area contributed by atoms with E-state index in [1.54, 1.807) is 18.3 Å². The Morgan fingerprint density at radius 2 is 2.38 bits per heavy atom. The summed E-state index contributed by atoms with van der Waals surface area (Å²) in [5.41, 5.74) is 0.658. The third-order valence-corrected chi connectivity index (χ3v) is 1.95. The van der Waals surface area contributed by atoms with Crippen molar-refractivity contribution in [1.82, 2.24) is 4.98 Å². The summed E-state index contributed by atoms with van der Waals surface area (Å²) < 4.78 is 5.45. The van der Waals surface area contributed by atoms with Gasteiger partial charge in [0.1, 0.15) is 6.10 Å². The van der Waals surface area contributed by atoms with E-state index in [1.165, 1.54) is 6.92 Å². The van der Waals surface area contributed by atoms with Crippen LogP contribution < -0.4 is 4.74 Å². The Morgan fingerprint density at radius 3 is 3.00 bits per heavy atom. The number of ether oxygens (including phenoxy) is 1. The van der Waals surface area contributed by atoms with Crippen LogP contribution in [0.2, 0.25) is 0 Å². The molecular formula is C10H11NO2. The van der Waals surface area contributed by atoms with E-state index in [0.29, 0.717) is 17.5 Å². The molecule has 3 heteroatoms. The summed E-state index contributed by atoms with van der Waals surface area (Å²) in [5, 5.41) is 0. The van der Waals surface area contributed by atoms with Gasteiger partial charge in [-0.25, -0.2) is 4.98 Å². The predicted molar refractivity (Wildman–Crippen MR) is 47.9 cm³/mol. The molecule has 1 heterocycles. The highest BCUT2D eigenvalue weighted by Gasteiger charge is 2.24. The summed E-state index contributed by atoms with van der Waals surface area (Å²) in [6.07, 6.45) is 4.14. The number of aromatic nitrogens is 1. The zero-order valence-electron chi connectivity index (χ0n) is 7.49. The molecular weight excluding hydrogens is 166 g/mol. The highest BCUT2D eigenvalue weighted by molar-refractivity contribution is 5.94. The number of carbonyl (C=O) groups excluding carboxylic acids is 1. The second-order valence-electron chi connectivity index (χ2n) is 3.26. The number of carbonyl (C=O) groups is 1. The van der Waals surface area contributed by atoms with Gasteiger partial charge in [0.15, 0.2) is 5.78 Å². The second kappa shape index (κ2) is 3.17. The number of Topliss-reactive ketones (excluding diaryl/α,β-unsaturated/α-hetero) is 1. The van der Waals surface area contributed by atoms with E-state index in [2.05, 4.69) is 4.98 Å². The average Bonchev–Trinajstić information content (AvgIpc) is 2.89. The normalized spacial score (nSPS) is 15.5. The molecule has 2 rings (SSSR count). The molecule has 0 radical (unpaired) electrons. The van der Waals surface area contributed by atoms with Gasteiger partial charge in [0.2, 0.25) is 5.88 Å². The molecule has 0 bridgehead atoms. The summed E-state index contributed by atoms with van der Waals surface area (Å²) in [6.45, 7) is 1.54. The molecule has 3 nitrogen and oxygen atoms in total. The Kier molecular flexibility index (Phi) is 2.00. The van der Waals surface area contributed by atoms with Crippen LogP contribution in [0.4, 0.5) is 0 Å². The Balaban J connectivity index is 2.15. The number of hydrogen-bond acceptors (Lipinski definition) is 3. The van der Waals surface area contributed by atoms with Gasteiger partial charge in [0.25, 0.3) is 0 Å². The van der Waals surface area contributed by atoms with Crippen molar-refractivity contribution in [3.05, 3.63) is 23.9 Å². The van der Waals surface area contributed by atoms with Crippen molar-refractivity contribution in [3.8, 4) is 5.88 Å². The smallest absolute Gasteiger partial charge is 0.214 e. The van der Waals surface area contributed by atoms with Crippen LogP contribution in [-0.2, 0) is 0 Å². The first-order valence-electron chi connectivity index (χ1n) is 4.39. The Hall–Kier alpha value is -1.38. The fraction of sp³-hybridized carbons (Fsp3) is 0.400. The fourth-order valence-electron chi connectivity index (χ4n) is 1.05. The molecule has 0 saturated heterocycles. The molecule has 1 aliphatic rings. The molecule has 0 N–H and O–H groups in total. The summed E-state index contributed by atoms with van der Waals surface area (Å²) in [6, 6.07) is 3.39. The maximum Gasteiger partial charge on any atom is 0.214 e. The molecule has 13 heavy (non-hydrogen) atoms. The summed E-state index contributed by atoms with van der Waals surface area (Å²) in [4.78, 5) is 15.0. The van der Waals surface area contributed by atoms with Crippen LogP contribution in [0.3, 0.4) is 0 Å². The van der Waals surface area contributed by atoms with Crippen molar-refractivity contribution in [3.63, 3.8) is 0 Å². The average molecular weight is 177 g/mol. The zero-order chi connectivity index (χ0) is 9.26. The fourth-order valence-corrected chi connectivity index (χ4v) is 1.05. The Bertz CT molecular complexity index is 331. The first-order valence-corrected chi connectivity index (χ1v) is 4.39. The number of hydrogen-bond donors (Lipinski definition) is 0. The number of pyridine rings is 1. The van der Waals surface area contributed by atoms with Crippen LogP contribution in [-0.4, -0.2) is 16.9 Å². The van der Waals surface area contributed by atoms with E-state index >= 15 is 0 Å². The van der Waals surface area contributed by atoms with Crippen molar-refractivity contribution >= 4 is 5.78 Å². The molecule has 0 amide bonds. The Labute approximate surface area is 76.7 Å². The minimum absolute atomic E-state index is 0.0445. The monoisotopic (exact) mass is 177 g/mol. The first-order chi connectivity index (χ1) is 6.25. The standard InChI is InChI=1S/C10H11NO2/c1-7(12)8-4-5-11-10(6-8)13-9-2-3-9/h4-6,9H,2-3H2,1H3. The van der Waals surface area contributed by atoms with Gasteiger partial charge in [-0.3, -0.25) is 4.79 Å². The van der Waals surface area contributed by atoms with Crippen molar-refractivity contribution in [1.29, 1.82) is 0 Å². The number of ketones is 1. The van der Waals surface area contributed by atoms with Gasteiger partial charge in [-0.1, -0.05) is 0 Å². The van der Waals surface area contributed by atoms with E-state index in [9.17, 15) is 4.79 Å². The van der Waals surface area contributed by atoms with E-state index in [-0.39, 0.29) is 5.78 Å². The third kappa shape index (κ3) is 2.05. The first kappa shape index (κ1) is 8.23. The van der Waals surface area contributed by atoms with Crippen molar-refractivity contribution in [2.75, 3.05) is 0 Å². The molecule has 1 aromatic rings. The van der Waals surface area contributed by atoms with Crippen LogP contribution in [0.15, 0.2) is 18.3 Å². The third-order valence-electron chi connectivity index (χ3n) is 1.95. The van der Waals surface area contributed by atoms with Crippen LogP contribution in [0, 0.1) is 0 Å². The topological polar surface area (TPSA) is 39.2 Å². The van der Waals surface area contributed by atoms with Gasteiger partial charge < -0.3 is 4.74 Å². The molecule has 68 valence electrons. The van der Waals surface area contributed by atoms with Gasteiger partial charge in [-0.15, -0.1) is 0 Å². The number of nitrogens with zero attached hydrogens (tertiary/aromatic N) is 1. The van der Waals surface area contributed by atoms with E-state index in [4.69, 9.17) is 4.74 Å². The molecule has 0 spiro atoms. The largest absolute Gasteiger partial charge is 0.474 e. The van der Waals surface area contributed by atoms with Crippen LogP contribution in [0.1, 0.15) is 30.1 Å². The van der Waals surface area contributed by atoms with E-state index in [1.807, 2.05) is 0 Å². The molecule has 0 aliphatic heterocycles. The maximum absolute atomic E-state index is 11.0. The highest BCUT2D eigenvalue weighted by atomic mass is 16.5. The second-order valence-corrected chi connectivity index (χ2v) is 3.26. The Morgan fingerprint density at radius 1 is 1.62 bits per heavy atom. The predicted octanol–water partition coefficient (Wildman–Crippen LogP) is 1.83. The summed E-state index contributed by atoms with van der Waals surface area (Å²) in [5.74, 6) is 0.609. The van der Waals surface area contributed by atoms with Crippen LogP contribution >= 0.6 is 0 Å². The molecule has 0 aromatic carbocycles. The van der Waals surface area contributed by atoms with Crippen molar-refractivity contribution in [2.24, 2.45) is 0 Å². The number of rotatable bonds is 3. The lowest BCUT2D eigenvalue weighted by atomic mass is 10.2. The van der Waals surface area contributed by atoms with Gasteiger partial charge in [0, 0.05) is 17.8 Å².